The lowest BCUT2D eigenvalue weighted by Gasteiger charge is -2.37. The molecule has 7 heteroatoms. The fourth-order valence-corrected chi connectivity index (χ4v) is 4.83. The molecule has 0 aliphatic carbocycles. The first-order chi connectivity index (χ1) is 16.7. The average Bonchev–Trinajstić information content (AvgIpc) is 2.86. The van der Waals surface area contributed by atoms with Gasteiger partial charge in [0.25, 0.3) is 0 Å². The molecule has 0 bridgehead atoms. The van der Waals surface area contributed by atoms with Gasteiger partial charge in [-0.05, 0) is 59.7 Å². The number of fused-ring (bicyclic) bond motifs is 1. The Morgan fingerprint density at radius 2 is 2.00 bits per heavy atom. The molecule has 0 unspecified atom stereocenters. The zero-order valence-electron chi connectivity index (χ0n) is 19.2. The molecule has 2 aliphatic rings. The minimum atomic E-state index is 0.383. The molecule has 0 spiro atoms. The molecule has 34 heavy (non-hydrogen) atoms. The first-order valence-corrected chi connectivity index (χ1v) is 11.9. The predicted molar refractivity (Wildman–Crippen MR) is 132 cm³/mol. The summed E-state index contributed by atoms with van der Waals surface area (Å²) < 4.78 is 5.90. The number of anilines is 1. The Bertz CT molecular complexity index is 1190. The van der Waals surface area contributed by atoms with Gasteiger partial charge in [-0.2, -0.15) is 5.26 Å². The summed E-state index contributed by atoms with van der Waals surface area (Å²) in [6.07, 6.45) is 6.73. The smallest absolute Gasteiger partial charge is 0.209 e. The summed E-state index contributed by atoms with van der Waals surface area (Å²) in [6, 6.07) is 16.7. The first kappa shape index (κ1) is 22.3. The Morgan fingerprint density at radius 1 is 1.15 bits per heavy atom. The number of nitriles is 1. The summed E-state index contributed by atoms with van der Waals surface area (Å²) in [6.45, 7) is 4.99. The van der Waals surface area contributed by atoms with Gasteiger partial charge in [0, 0.05) is 61.6 Å². The van der Waals surface area contributed by atoms with Gasteiger partial charge in [-0.1, -0.05) is 12.1 Å². The molecule has 1 N–H and O–H groups in total. The van der Waals surface area contributed by atoms with E-state index in [2.05, 4.69) is 33.4 Å². The number of aromatic nitrogens is 1. The number of rotatable bonds is 8. The zero-order chi connectivity index (χ0) is 23.3. The maximum Gasteiger partial charge on any atom is 0.209 e. The molecule has 0 saturated carbocycles. The van der Waals surface area contributed by atoms with Crippen LogP contribution in [0.1, 0.15) is 18.4 Å². The topological polar surface area (TPSA) is 81.5 Å². The number of amides is 1. The van der Waals surface area contributed by atoms with E-state index < -0.39 is 0 Å². The molecule has 0 radical (unpaired) electrons. The van der Waals surface area contributed by atoms with Crippen LogP contribution >= 0.6 is 0 Å². The minimum Gasteiger partial charge on any atom is -0.382 e. The second-order valence-corrected chi connectivity index (χ2v) is 9.28. The van der Waals surface area contributed by atoms with Crippen LogP contribution in [0.25, 0.3) is 21.9 Å². The van der Waals surface area contributed by atoms with Gasteiger partial charge in [0.05, 0.1) is 25.0 Å². The van der Waals surface area contributed by atoms with Crippen molar-refractivity contribution in [2.24, 2.45) is 5.92 Å². The molecule has 1 aromatic heterocycles. The summed E-state index contributed by atoms with van der Waals surface area (Å²) in [5.74, 6) is 0.479. The summed E-state index contributed by atoms with van der Waals surface area (Å²) in [5, 5.41) is 15.3. The largest absolute Gasteiger partial charge is 0.382 e. The Labute approximate surface area is 199 Å². The summed E-state index contributed by atoms with van der Waals surface area (Å²) >= 11 is 0. The van der Waals surface area contributed by atoms with E-state index in [1.165, 1.54) is 0 Å². The molecule has 2 aromatic carbocycles. The van der Waals surface area contributed by atoms with Crippen LogP contribution in [0, 0.1) is 17.2 Å². The van der Waals surface area contributed by atoms with Crippen molar-refractivity contribution in [3.8, 4) is 17.2 Å². The first-order valence-electron chi connectivity index (χ1n) is 11.9. The zero-order valence-corrected chi connectivity index (χ0v) is 19.2. The number of likely N-dealkylation sites (tertiary alicyclic amines) is 2. The van der Waals surface area contributed by atoms with Gasteiger partial charge in [0.15, 0.2) is 0 Å². The number of nitrogens with one attached hydrogen (secondary N) is 1. The summed E-state index contributed by atoms with van der Waals surface area (Å²) in [5.41, 5.74) is 3.88. The highest BCUT2D eigenvalue weighted by Gasteiger charge is 2.26. The normalized spacial score (nSPS) is 17.3. The molecule has 1 amide bonds. The molecular formula is C27H29N5O2. The second-order valence-electron chi connectivity index (χ2n) is 9.28. The number of hydrogen-bond donors (Lipinski definition) is 1. The molecule has 174 valence electrons. The maximum absolute atomic E-state index is 10.7. The van der Waals surface area contributed by atoms with Crippen LogP contribution in [-0.4, -0.2) is 66.8 Å². The molecule has 3 heterocycles. The van der Waals surface area contributed by atoms with Gasteiger partial charge in [0.2, 0.25) is 6.41 Å². The van der Waals surface area contributed by atoms with E-state index in [1.54, 1.807) is 4.90 Å². The van der Waals surface area contributed by atoms with Crippen LogP contribution in [0.2, 0.25) is 0 Å². The number of carbonyl (C=O) groups is 1. The fraction of sp³-hybridized carbons (Fsp3) is 0.370. The lowest BCUT2D eigenvalue weighted by atomic mass is 9.98. The van der Waals surface area contributed by atoms with Gasteiger partial charge >= 0.3 is 0 Å². The number of hydrogen-bond acceptors (Lipinski definition) is 6. The third-order valence-electron chi connectivity index (χ3n) is 6.79. The SMILES string of the molecule is N#Cc1cccc(-c2cc(NC3CCN(COCC4CN(C=O)C4)CC3)c3cnccc3c2)c1. The lowest BCUT2D eigenvalue weighted by Crippen LogP contribution is -2.48. The Morgan fingerprint density at radius 3 is 2.79 bits per heavy atom. The molecule has 5 rings (SSSR count). The number of pyridine rings is 1. The molecule has 2 fully saturated rings. The van der Waals surface area contributed by atoms with Crippen molar-refractivity contribution in [1.82, 2.24) is 14.8 Å². The minimum absolute atomic E-state index is 0.383. The van der Waals surface area contributed by atoms with Crippen molar-refractivity contribution in [2.75, 3.05) is 44.8 Å². The maximum atomic E-state index is 10.7. The Balaban J connectivity index is 1.22. The quantitative estimate of drug-likeness (QED) is 0.522. The third kappa shape index (κ3) is 5.04. The van der Waals surface area contributed by atoms with E-state index in [9.17, 15) is 10.1 Å². The van der Waals surface area contributed by atoms with Crippen molar-refractivity contribution in [2.45, 2.75) is 18.9 Å². The number of piperidine rings is 1. The molecule has 2 saturated heterocycles. The van der Waals surface area contributed by atoms with Crippen molar-refractivity contribution in [3.63, 3.8) is 0 Å². The van der Waals surface area contributed by atoms with E-state index in [0.717, 1.165) is 79.6 Å². The van der Waals surface area contributed by atoms with E-state index in [0.29, 0.717) is 24.3 Å². The van der Waals surface area contributed by atoms with E-state index in [4.69, 9.17) is 4.74 Å². The van der Waals surface area contributed by atoms with Crippen LogP contribution in [0.3, 0.4) is 0 Å². The predicted octanol–water partition coefficient (Wildman–Crippen LogP) is 3.71. The number of carbonyl (C=O) groups excluding carboxylic acids is 1. The Hall–Kier alpha value is -3.47. The molecule has 2 aliphatic heterocycles. The van der Waals surface area contributed by atoms with Gasteiger partial charge in [-0.3, -0.25) is 14.7 Å². The van der Waals surface area contributed by atoms with Crippen molar-refractivity contribution < 1.29 is 9.53 Å². The third-order valence-corrected chi connectivity index (χ3v) is 6.79. The number of ether oxygens (including phenoxy) is 1. The lowest BCUT2D eigenvalue weighted by molar-refractivity contribution is -0.126. The molecular weight excluding hydrogens is 426 g/mol. The van der Waals surface area contributed by atoms with Crippen molar-refractivity contribution in [3.05, 3.63) is 60.4 Å². The summed E-state index contributed by atoms with van der Waals surface area (Å²) in [7, 11) is 0. The van der Waals surface area contributed by atoms with E-state index >= 15 is 0 Å². The van der Waals surface area contributed by atoms with Crippen molar-refractivity contribution in [1.29, 1.82) is 5.26 Å². The fourth-order valence-electron chi connectivity index (χ4n) is 4.83. The van der Waals surface area contributed by atoms with Gasteiger partial charge in [-0.15, -0.1) is 0 Å². The van der Waals surface area contributed by atoms with Crippen LogP contribution in [-0.2, 0) is 9.53 Å². The highest BCUT2D eigenvalue weighted by atomic mass is 16.5. The van der Waals surface area contributed by atoms with Gasteiger partial charge in [0.1, 0.15) is 0 Å². The van der Waals surface area contributed by atoms with E-state index in [1.807, 2.05) is 42.7 Å². The summed E-state index contributed by atoms with van der Waals surface area (Å²) in [4.78, 5) is 19.1. The highest BCUT2D eigenvalue weighted by Crippen LogP contribution is 2.32. The van der Waals surface area contributed by atoms with Crippen LogP contribution in [0.15, 0.2) is 54.9 Å². The standard InChI is InChI=1S/C27H29N5O2/c28-13-20-2-1-3-22(10-20)24-11-23-4-7-29-14-26(23)27(12-24)30-25-5-8-31(9-6-25)19-34-17-21-15-32(16-21)18-33/h1-4,7,10-12,14,18,21,25,30H,5-6,8-9,15-17,19H2. The van der Waals surface area contributed by atoms with Crippen molar-refractivity contribution >= 4 is 22.9 Å². The monoisotopic (exact) mass is 455 g/mol. The number of nitrogens with zero attached hydrogens (tertiary/aromatic N) is 4. The van der Waals surface area contributed by atoms with E-state index in [-0.39, 0.29) is 0 Å². The van der Waals surface area contributed by atoms with Crippen LogP contribution in [0.5, 0.6) is 0 Å². The Kier molecular flexibility index (Phi) is 6.70. The molecule has 0 atom stereocenters. The van der Waals surface area contributed by atoms with Gasteiger partial charge in [-0.25, -0.2) is 0 Å². The highest BCUT2D eigenvalue weighted by molar-refractivity contribution is 5.97. The average molecular weight is 456 g/mol. The second kappa shape index (κ2) is 10.2. The molecule has 7 nitrogen and oxygen atoms in total. The van der Waals surface area contributed by atoms with Crippen LogP contribution < -0.4 is 5.32 Å². The van der Waals surface area contributed by atoms with Crippen LogP contribution in [0.4, 0.5) is 5.69 Å². The molecule has 3 aromatic rings. The number of benzene rings is 2. The van der Waals surface area contributed by atoms with Gasteiger partial charge < -0.3 is 15.0 Å².